The van der Waals surface area contributed by atoms with Gasteiger partial charge in [-0.2, -0.15) is 0 Å². The average molecular weight is 402 g/mol. The fourth-order valence-corrected chi connectivity index (χ4v) is 3.89. The summed E-state index contributed by atoms with van der Waals surface area (Å²) in [5, 5.41) is 12.7. The molecule has 1 amide bonds. The van der Waals surface area contributed by atoms with E-state index in [0.717, 1.165) is 15.9 Å². The van der Waals surface area contributed by atoms with Crippen molar-refractivity contribution in [2.75, 3.05) is 5.32 Å². The van der Waals surface area contributed by atoms with Crippen LogP contribution in [-0.2, 0) is 0 Å². The van der Waals surface area contributed by atoms with Crippen molar-refractivity contribution in [3.8, 4) is 0 Å². The molecule has 0 unspecified atom stereocenters. The van der Waals surface area contributed by atoms with Crippen molar-refractivity contribution in [2.45, 2.75) is 19.3 Å². The molecule has 1 heterocycles. The maximum atomic E-state index is 12.4. The molecular formula is C18H16BrN3OS. The summed E-state index contributed by atoms with van der Waals surface area (Å²) in [7, 11) is 0. The summed E-state index contributed by atoms with van der Waals surface area (Å²) in [6, 6.07) is 17.5. The van der Waals surface area contributed by atoms with Gasteiger partial charge in [-0.05, 0) is 40.0 Å². The smallest absolute Gasteiger partial charge is 0.258 e. The lowest BCUT2D eigenvalue weighted by Gasteiger charge is -2.11. The molecule has 1 atom stereocenters. The summed E-state index contributed by atoms with van der Waals surface area (Å²) >= 11 is 4.81. The number of halogens is 1. The Morgan fingerprint density at radius 1 is 1.12 bits per heavy atom. The van der Waals surface area contributed by atoms with E-state index in [-0.39, 0.29) is 11.8 Å². The molecule has 122 valence electrons. The van der Waals surface area contributed by atoms with Crippen LogP contribution >= 0.6 is 27.3 Å². The molecule has 0 bridgehead atoms. The molecule has 2 aromatic carbocycles. The topological polar surface area (TPSA) is 54.9 Å². The van der Waals surface area contributed by atoms with E-state index in [1.807, 2.05) is 36.4 Å². The Hall–Kier alpha value is -2.05. The summed E-state index contributed by atoms with van der Waals surface area (Å²) in [5.41, 5.74) is 1.78. The van der Waals surface area contributed by atoms with E-state index in [9.17, 15) is 4.79 Å². The van der Waals surface area contributed by atoms with Crippen LogP contribution in [0.4, 0.5) is 5.13 Å². The molecule has 1 aromatic heterocycles. The highest BCUT2D eigenvalue weighted by atomic mass is 79.9. The van der Waals surface area contributed by atoms with Crippen LogP contribution in [0.3, 0.4) is 0 Å². The summed E-state index contributed by atoms with van der Waals surface area (Å²) in [6.45, 7) is 2.12. The second kappa shape index (κ2) is 7.68. The first-order valence-corrected chi connectivity index (χ1v) is 9.24. The lowest BCUT2D eigenvalue weighted by Crippen LogP contribution is -2.12. The first-order chi connectivity index (χ1) is 11.7. The number of anilines is 1. The monoisotopic (exact) mass is 401 g/mol. The standard InChI is InChI=1S/C18H16BrN3OS/c1-2-13(12-8-4-3-5-9-12)17-21-22-18(24-17)20-16(23)14-10-6-7-11-15(14)19/h3-11,13H,2H2,1H3,(H,20,22,23)/t13-/m1/s1. The third kappa shape index (κ3) is 3.71. The number of hydrogen-bond acceptors (Lipinski definition) is 4. The Morgan fingerprint density at radius 3 is 2.54 bits per heavy atom. The van der Waals surface area contributed by atoms with Crippen LogP contribution in [0.25, 0.3) is 0 Å². The number of amides is 1. The maximum absolute atomic E-state index is 12.4. The zero-order valence-electron chi connectivity index (χ0n) is 13.1. The van der Waals surface area contributed by atoms with Gasteiger partial charge >= 0.3 is 0 Å². The van der Waals surface area contributed by atoms with Crippen molar-refractivity contribution in [2.24, 2.45) is 0 Å². The second-order valence-corrected chi connectivity index (χ2v) is 7.11. The Kier molecular flexibility index (Phi) is 5.37. The third-order valence-electron chi connectivity index (χ3n) is 3.69. The molecule has 4 nitrogen and oxygen atoms in total. The number of rotatable bonds is 5. The Balaban J connectivity index is 1.78. The normalized spacial score (nSPS) is 11.9. The first-order valence-electron chi connectivity index (χ1n) is 7.63. The van der Waals surface area contributed by atoms with Crippen molar-refractivity contribution < 1.29 is 4.79 Å². The molecule has 0 aliphatic heterocycles. The summed E-state index contributed by atoms with van der Waals surface area (Å²) in [5.74, 6) is -0.00394. The molecule has 6 heteroatoms. The van der Waals surface area contributed by atoms with Crippen molar-refractivity contribution >= 4 is 38.3 Å². The van der Waals surface area contributed by atoms with Crippen LogP contribution in [0.5, 0.6) is 0 Å². The van der Waals surface area contributed by atoms with Gasteiger partial charge in [-0.3, -0.25) is 10.1 Å². The second-order valence-electron chi connectivity index (χ2n) is 5.25. The van der Waals surface area contributed by atoms with E-state index in [4.69, 9.17) is 0 Å². The highest BCUT2D eigenvalue weighted by Crippen LogP contribution is 2.31. The molecule has 0 saturated heterocycles. The molecule has 0 fully saturated rings. The molecule has 0 spiro atoms. The third-order valence-corrected chi connectivity index (χ3v) is 5.33. The molecule has 3 aromatic rings. The predicted molar refractivity (Wildman–Crippen MR) is 101 cm³/mol. The van der Waals surface area contributed by atoms with E-state index in [1.54, 1.807) is 6.07 Å². The van der Waals surface area contributed by atoms with Gasteiger partial charge in [-0.15, -0.1) is 10.2 Å². The van der Waals surface area contributed by atoms with Crippen molar-refractivity contribution in [1.29, 1.82) is 0 Å². The van der Waals surface area contributed by atoms with E-state index in [0.29, 0.717) is 10.7 Å². The minimum atomic E-state index is -0.196. The largest absolute Gasteiger partial charge is 0.296 e. The molecule has 0 radical (unpaired) electrons. The lowest BCUT2D eigenvalue weighted by atomic mass is 9.97. The van der Waals surface area contributed by atoms with E-state index in [1.165, 1.54) is 16.9 Å². The van der Waals surface area contributed by atoms with Gasteiger partial charge in [0.2, 0.25) is 5.13 Å². The van der Waals surface area contributed by atoms with Crippen molar-refractivity contribution in [3.05, 3.63) is 75.2 Å². The summed E-state index contributed by atoms with van der Waals surface area (Å²) < 4.78 is 0.753. The van der Waals surface area contributed by atoms with Crippen LogP contribution in [0.2, 0.25) is 0 Å². The van der Waals surface area contributed by atoms with E-state index < -0.39 is 0 Å². The lowest BCUT2D eigenvalue weighted by molar-refractivity contribution is 0.102. The number of nitrogens with zero attached hydrogens (tertiary/aromatic N) is 2. The summed E-state index contributed by atoms with van der Waals surface area (Å²) in [6.07, 6.45) is 0.927. The van der Waals surface area contributed by atoms with Crippen LogP contribution in [0.15, 0.2) is 59.1 Å². The molecule has 0 aliphatic carbocycles. The Bertz CT molecular complexity index is 835. The first kappa shape index (κ1) is 16.8. The van der Waals surface area contributed by atoms with Gasteiger partial charge in [0, 0.05) is 10.4 Å². The van der Waals surface area contributed by atoms with Gasteiger partial charge in [0.15, 0.2) is 0 Å². The quantitative estimate of drug-likeness (QED) is 0.647. The molecular weight excluding hydrogens is 386 g/mol. The zero-order valence-corrected chi connectivity index (χ0v) is 15.5. The van der Waals surface area contributed by atoms with Crippen LogP contribution in [-0.4, -0.2) is 16.1 Å². The van der Waals surface area contributed by atoms with Gasteiger partial charge < -0.3 is 0 Å². The van der Waals surface area contributed by atoms with Crippen LogP contribution < -0.4 is 5.32 Å². The number of hydrogen-bond donors (Lipinski definition) is 1. The van der Waals surface area contributed by atoms with E-state index >= 15 is 0 Å². The fourth-order valence-electron chi connectivity index (χ4n) is 2.47. The van der Waals surface area contributed by atoms with Gasteiger partial charge in [-0.1, -0.05) is 60.7 Å². The average Bonchev–Trinajstić information content (AvgIpc) is 3.05. The number of aromatic nitrogens is 2. The van der Waals surface area contributed by atoms with Crippen LogP contribution in [0, 0.1) is 0 Å². The number of benzene rings is 2. The Morgan fingerprint density at radius 2 is 1.83 bits per heavy atom. The SMILES string of the molecule is CC[C@H](c1ccccc1)c1nnc(NC(=O)c2ccccc2Br)s1. The van der Waals surface area contributed by atoms with E-state index in [2.05, 4.69) is 50.5 Å². The highest BCUT2D eigenvalue weighted by molar-refractivity contribution is 9.10. The van der Waals surface area contributed by atoms with Crippen LogP contribution in [0.1, 0.15) is 40.2 Å². The molecule has 0 saturated carbocycles. The molecule has 0 aliphatic rings. The fraction of sp³-hybridized carbons (Fsp3) is 0.167. The van der Waals surface area contributed by atoms with Gasteiger partial charge in [0.25, 0.3) is 5.91 Å². The molecule has 3 rings (SSSR count). The maximum Gasteiger partial charge on any atom is 0.258 e. The number of nitrogens with one attached hydrogen (secondary N) is 1. The number of carbonyl (C=O) groups excluding carboxylic acids is 1. The highest BCUT2D eigenvalue weighted by Gasteiger charge is 2.18. The minimum Gasteiger partial charge on any atom is -0.296 e. The van der Waals surface area contributed by atoms with Gasteiger partial charge in [0.05, 0.1) is 5.56 Å². The number of carbonyl (C=O) groups is 1. The zero-order chi connectivity index (χ0) is 16.9. The van der Waals surface area contributed by atoms with Crippen molar-refractivity contribution in [1.82, 2.24) is 10.2 Å². The predicted octanol–water partition coefficient (Wildman–Crippen LogP) is 5.09. The molecule has 24 heavy (non-hydrogen) atoms. The van der Waals surface area contributed by atoms with Crippen molar-refractivity contribution in [3.63, 3.8) is 0 Å². The molecule has 1 N–H and O–H groups in total. The summed E-state index contributed by atoms with van der Waals surface area (Å²) in [4.78, 5) is 12.4. The van der Waals surface area contributed by atoms with Gasteiger partial charge in [-0.25, -0.2) is 0 Å². The van der Waals surface area contributed by atoms with Gasteiger partial charge in [0.1, 0.15) is 5.01 Å². The minimum absolute atomic E-state index is 0.192. The Labute approximate surface area is 153 Å².